The van der Waals surface area contributed by atoms with Crippen LogP contribution in [0.15, 0.2) is 36.4 Å². The number of rotatable bonds is 7. The molecule has 2 unspecified atom stereocenters. The molecule has 1 fully saturated rings. The minimum absolute atomic E-state index is 0.184. The zero-order valence-electron chi connectivity index (χ0n) is 16.6. The lowest BCUT2D eigenvalue weighted by molar-refractivity contribution is -0.122. The van der Waals surface area contributed by atoms with E-state index in [-0.39, 0.29) is 40.7 Å². The van der Waals surface area contributed by atoms with E-state index in [9.17, 15) is 14.0 Å². The fourth-order valence-corrected chi connectivity index (χ4v) is 3.58. The topological polar surface area (TPSA) is 110 Å². The van der Waals surface area contributed by atoms with Crippen molar-refractivity contribution in [2.45, 2.75) is 44.6 Å². The molecule has 1 saturated carbocycles. The molecule has 0 spiro atoms. The van der Waals surface area contributed by atoms with E-state index in [2.05, 4.69) is 20.8 Å². The number of anilines is 1. The first-order valence-electron chi connectivity index (χ1n) is 9.70. The monoisotopic (exact) mass is 399 g/mol. The van der Waals surface area contributed by atoms with Gasteiger partial charge in [-0.3, -0.25) is 9.59 Å². The van der Waals surface area contributed by atoms with Gasteiger partial charge in [0.15, 0.2) is 5.69 Å². The summed E-state index contributed by atoms with van der Waals surface area (Å²) >= 11 is 0. The highest BCUT2D eigenvalue weighted by molar-refractivity contribution is 5.93. The van der Waals surface area contributed by atoms with Crippen molar-refractivity contribution in [3.8, 4) is 0 Å². The van der Waals surface area contributed by atoms with Crippen LogP contribution < -0.4 is 16.4 Å². The van der Waals surface area contributed by atoms with Crippen LogP contribution in [0.2, 0.25) is 0 Å². The summed E-state index contributed by atoms with van der Waals surface area (Å²) in [6.07, 6.45) is 2.28. The van der Waals surface area contributed by atoms with Crippen molar-refractivity contribution in [1.82, 2.24) is 15.5 Å². The van der Waals surface area contributed by atoms with Crippen LogP contribution in [-0.2, 0) is 10.2 Å². The van der Waals surface area contributed by atoms with Crippen LogP contribution in [0.1, 0.15) is 49.2 Å². The molecule has 0 aliphatic heterocycles. The Kier molecular flexibility index (Phi) is 6.10. The van der Waals surface area contributed by atoms with Gasteiger partial charge in [-0.1, -0.05) is 32.4 Å². The van der Waals surface area contributed by atoms with Crippen LogP contribution in [0, 0.1) is 11.7 Å². The molecule has 1 aliphatic rings. The van der Waals surface area contributed by atoms with Crippen molar-refractivity contribution >= 4 is 17.6 Å². The SMILES string of the molecule is CC(C)(CNc1ccc(C(=O)NC2CCCC2C(N)=O)nn1)c1ccc(F)cc1. The van der Waals surface area contributed by atoms with Gasteiger partial charge in [0.05, 0.1) is 5.92 Å². The van der Waals surface area contributed by atoms with Crippen LogP contribution in [0.3, 0.4) is 0 Å². The zero-order chi connectivity index (χ0) is 21.0. The number of carbonyl (C=O) groups is 2. The number of nitrogens with zero attached hydrogens (tertiary/aromatic N) is 2. The molecular weight excluding hydrogens is 373 g/mol. The van der Waals surface area contributed by atoms with E-state index in [0.29, 0.717) is 18.8 Å². The summed E-state index contributed by atoms with van der Waals surface area (Å²) in [7, 11) is 0. The third-order valence-corrected chi connectivity index (χ3v) is 5.43. The van der Waals surface area contributed by atoms with Crippen LogP contribution in [0.4, 0.5) is 10.2 Å². The van der Waals surface area contributed by atoms with E-state index in [4.69, 9.17) is 5.73 Å². The van der Waals surface area contributed by atoms with Gasteiger partial charge in [0.2, 0.25) is 5.91 Å². The van der Waals surface area contributed by atoms with Crippen molar-refractivity contribution in [3.05, 3.63) is 53.5 Å². The number of hydrogen-bond donors (Lipinski definition) is 3. The smallest absolute Gasteiger partial charge is 0.272 e. The van der Waals surface area contributed by atoms with E-state index in [1.807, 2.05) is 13.8 Å². The zero-order valence-corrected chi connectivity index (χ0v) is 16.6. The molecule has 0 radical (unpaired) electrons. The minimum Gasteiger partial charge on any atom is -0.369 e. The lowest BCUT2D eigenvalue weighted by atomic mass is 9.84. The highest BCUT2D eigenvalue weighted by atomic mass is 19.1. The van der Waals surface area contributed by atoms with Crippen molar-refractivity contribution < 1.29 is 14.0 Å². The molecule has 0 bridgehead atoms. The molecule has 1 heterocycles. The molecule has 2 atom stereocenters. The van der Waals surface area contributed by atoms with Crippen LogP contribution in [0.5, 0.6) is 0 Å². The number of nitrogens with two attached hydrogens (primary N) is 1. The average Bonchev–Trinajstić information content (AvgIpc) is 3.15. The first kappa shape index (κ1) is 20.7. The fraction of sp³-hybridized carbons (Fsp3) is 0.429. The maximum Gasteiger partial charge on any atom is 0.272 e. The number of halogens is 1. The Balaban J connectivity index is 1.57. The molecule has 4 N–H and O–H groups in total. The van der Waals surface area contributed by atoms with E-state index in [1.54, 1.807) is 24.3 Å². The van der Waals surface area contributed by atoms with Gasteiger partial charge in [-0.25, -0.2) is 4.39 Å². The predicted molar refractivity (Wildman–Crippen MR) is 108 cm³/mol. The summed E-state index contributed by atoms with van der Waals surface area (Å²) in [4.78, 5) is 23.9. The molecule has 1 aromatic carbocycles. The second-order valence-corrected chi connectivity index (χ2v) is 8.07. The largest absolute Gasteiger partial charge is 0.369 e. The van der Waals surface area contributed by atoms with Gasteiger partial charge < -0.3 is 16.4 Å². The van der Waals surface area contributed by atoms with Gasteiger partial charge >= 0.3 is 0 Å². The summed E-state index contributed by atoms with van der Waals surface area (Å²) < 4.78 is 13.1. The van der Waals surface area contributed by atoms with E-state index in [0.717, 1.165) is 18.4 Å². The van der Waals surface area contributed by atoms with Gasteiger partial charge in [0.25, 0.3) is 5.91 Å². The molecule has 7 nitrogen and oxygen atoms in total. The number of primary amides is 1. The number of nitrogens with one attached hydrogen (secondary N) is 2. The standard InChI is InChI=1S/C21H26FN5O2/c1-21(2,13-6-8-14(22)9-7-13)12-24-18-11-10-17(26-27-18)20(29)25-16-5-3-4-15(16)19(23)28/h6-11,15-16H,3-5,12H2,1-2H3,(H2,23,28)(H,24,27)(H,25,29). The summed E-state index contributed by atoms with van der Waals surface area (Å²) in [5.74, 6) is -0.817. The second-order valence-electron chi connectivity index (χ2n) is 8.07. The number of hydrogen-bond acceptors (Lipinski definition) is 5. The summed E-state index contributed by atoms with van der Waals surface area (Å²) in [6.45, 7) is 4.64. The van der Waals surface area contributed by atoms with Crippen molar-refractivity contribution in [2.24, 2.45) is 11.7 Å². The predicted octanol–water partition coefficient (Wildman–Crippen LogP) is 2.39. The molecule has 8 heteroatoms. The van der Waals surface area contributed by atoms with Crippen LogP contribution >= 0.6 is 0 Å². The minimum atomic E-state index is -0.387. The normalized spacial score (nSPS) is 19.0. The van der Waals surface area contributed by atoms with E-state index >= 15 is 0 Å². The van der Waals surface area contributed by atoms with E-state index < -0.39 is 0 Å². The second kappa shape index (κ2) is 8.55. The van der Waals surface area contributed by atoms with Crippen molar-refractivity contribution in [3.63, 3.8) is 0 Å². The average molecular weight is 399 g/mol. The van der Waals surface area contributed by atoms with Crippen molar-refractivity contribution in [2.75, 3.05) is 11.9 Å². The quantitative estimate of drug-likeness (QED) is 0.662. The first-order chi connectivity index (χ1) is 13.8. The molecule has 29 heavy (non-hydrogen) atoms. The molecule has 154 valence electrons. The van der Waals surface area contributed by atoms with Gasteiger partial charge in [-0.05, 0) is 42.7 Å². The van der Waals surface area contributed by atoms with Gasteiger partial charge in [-0.2, -0.15) is 0 Å². The molecular formula is C21H26FN5O2. The molecule has 2 aromatic rings. The molecule has 1 aromatic heterocycles. The number of carbonyl (C=O) groups excluding carboxylic acids is 2. The molecule has 0 saturated heterocycles. The Hall–Kier alpha value is -3.03. The summed E-state index contributed by atoms with van der Waals surface area (Å²) in [5, 5.41) is 14.1. The Morgan fingerprint density at radius 1 is 1.14 bits per heavy atom. The van der Waals surface area contributed by atoms with Gasteiger partial charge in [0.1, 0.15) is 11.6 Å². The number of benzene rings is 1. The fourth-order valence-electron chi connectivity index (χ4n) is 3.58. The van der Waals surface area contributed by atoms with E-state index in [1.165, 1.54) is 12.1 Å². The Morgan fingerprint density at radius 2 is 1.86 bits per heavy atom. The van der Waals surface area contributed by atoms with Crippen LogP contribution in [0.25, 0.3) is 0 Å². The Labute approximate surface area is 169 Å². The maximum atomic E-state index is 13.1. The first-order valence-corrected chi connectivity index (χ1v) is 9.70. The van der Waals surface area contributed by atoms with Crippen molar-refractivity contribution in [1.29, 1.82) is 0 Å². The lowest BCUT2D eigenvalue weighted by Crippen LogP contribution is -2.42. The van der Waals surface area contributed by atoms with Gasteiger partial charge in [0, 0.05) is 18.0 Å². The highest BCUT2D eigenvalue weighted by Gasteiger charge is 2.33. The maximum absolute atomic E-state index is 13.1. The van der Waals surface area contributed by atoms with Gasteiger partial charge in [-0.15, -0.1) is 10.2 Å². The summed E-state index contributed by atoms with van der Waals surface area (Å²) in [5.41, 5.74) is 6.32. The Morgan fingerprint density at radius 3 is 2.48 bits per heavy atom. The molecule has 2 amide bonds. The third-order valence-electron chi connectivity index (χ3n) is 5.43. The summed E-state index contributed by atoms with van der Waals surface area (Å²) in [6, 6.07) is 9.43. The number of aromatic nitrogens is 2. The third kappa shape index (κ3) is 5.07. The Bertz CT molecular complexity index is 868. The highest BCUT2D eigenvalue weighted by Crippen LogP contribution is 2.26. The lowest BCUT2D eigenvalue weighted by Gasteiger charge is -2.25. The van der Waals surface area contributed by atoms with Crippen LogP contribution in [-0.4, -0.2) is 34.6 Å². The number of amides is 2. The molecule has 3 rings (SSSR count). The molecule has 1 aliphatic carbocycles.